The molecule has 0 aromatic heterocycles. The molecule has 0 bridgehead atoms. The summed E-state index contributed by atoms with van der Waals surface area (Å²) in [6.45, 7) is 2.44. The summed E-state index contributed by atoms with van der Waals surface area (Å²) in [6, 6.07) is 2.69. The highest BCUT2D eigenvalue weighted by Gasteiger charge is 2.37. The molecule has 2 unspecified atom stereocenters. The summed E-state index contributed by atoms with van der Waals surface area (Å²) >= 11 is 9.11. The lowest BCUT2D eigenvalue weighted by molar-refractivity contribution is 0.440. The molecule has 1 N–H and O–H groups in total. The largest absolute Gasteiger partial charge is 0.309 e. The number of hydrogen-bond donors (Lipinski definition) is 1. The Hall–Kier alpha value is -0.170. The number of hydrogen-bond acceptors (Lipinski definition) is 3. The summed E-state index contributed by atoms with van der Waals surface area (Å²) in [6.07, 6.45) is 2.08. The molecule has 1 aromatic rings. The predicted octanol–water partition coefficient (Wildman–Crippen LogP) is 3.86. The van der Waals surface area contributed by atoms with E-state index in [1.54, 1.807) is 12.1 Å². The zero-order valence-corrected chi connectivity index (χ0v) is 14.9. The molecule has 0 amide bonds. The van der Waals surface area contributed by atoms with Crippen LogP contribution in [0, 0.1) is 5.82 Å². The van der Waals surface area contributed by atoms with Crippen LogP contribution in [0.2, 0.25) is 5.02 Å². The van der Waals surface area contributed by atoms with Crippen LogP contribution in [0.3, 0.4) is 0 Å². The Kier molecular flexibility index (Phi) is 5.68. The van der Waals surface area contributed by atoms with E-state index >= 15 is 0 Å². The number of nitrogens with one attached hydrogen (secondary N) is 1. The Balaban J connectivity index is 2.46. The standard InChI is InChI=1S/C14H18BrClFNO2S/c1-2-18-14(11-5-3-4-8-21(11,19)20)9-6-7-10(15)12(16)13(9)17/h6-7,11,14,18H,2-5,8H2,1H3. The third-order valence-corrected chi connectivity index (χ3v) is 7.37. The van der Waals surface area contributed by atoms with Gasteiger partial charge in [-0.2, -0.15) is 0 Å². The zero-order chi connectivity index (χ0) is 15.6. The molecule has 118 valence electrons. The van der Waals surface area contributed by atoms with Gasteiger partial charge in [-0.25, -0.2) is 12.8 Å². The van der Waals surface area contributed by atoms with E-state index in [4.69, 9.17) is 11.6 Å². The Labute approximate surface area is 138 Å². The molecule has 0 saturated carbocycles. The van der Waals surface area contributed by atoms with Crippen LogP contribution in [-0.2, 0) is 9.84 Å². The Bertz CT molecular complexity index is 624. The van der Waals surface area contributed by atoms with Crippen LogP contribution >= 0.6 is 27.5 Å². The van der Waals surface area contributed by atoms with E-state index in [-0.39, 0.29) is 10.8 Å². The quantitative estimate of drug-likeness (QED) is 0.783. The molecule has 7 heteroatoms. The average Bonchev–Trinajstić information content (AvgIpc) is 2.43. The third-order valence-electron chi connectivity index (χ3n) is 3.82. The van der Waals surface area contributed by atoms with Gasteiger partial charge in [0.2, 0.25) is 0 Å². The topological polar surface area (TPSA) is 46.2 Å². The molecule has 1 aliphatic heterocycles. The second-order valence-electron chi connectivity index (χ2n) is 5.20. The molecular weight excluding hydrogens is 381 g/mol. The first-order valence-corrected chi connectivity index (χ1v) is 9.85. The Morgan fingerprint density at radius 3 is 2.81 bits per heavy atom. The molecule has 21 heavy (non-hydrogen) atoms. The Morgan fingerprint density at radius 2 is 2.19 bits per heavy atom. The lowest BCUT2D eigenvalue weighted by Gasteiger charge is -2.31. The average molecular weight is 399 g/mol. The van der Waals surface area contributed by atoms with Crippen LogP contribution in [0.5, 0.6) is 0 Å². The van der Waals surface area contributed by atoms with Crippen molar-refractivity contribution in [1.82, 2.24) is 5.32 Å². The zero-order valence-electron chi connectivity index (χ0n) is 11.7. The second-order valence-corrected chi connectivity index (χ2v) is 8.77. The van der Waals surface area contributed by atoms with Crippen LogP contribution < -0.4 is 5.32 Å². The number of halogens is 3. The van der Waals surface area contributed by atoms with E-state index < -0.39 is 26.9 Å². The smallest absolute Gasteiger partial charge is 0.155 e. The second kappa shape index (κ2) is 6.94. The number of rotatable bonds is 4. The van der Waals surface area contributed by atoms with Gasteiger partial charge in [0.15, 0.2) is 9.84 Å². The molecule has 1 fully saturated rings. The van der Waals surface area contributed by atoms with Crippen molar-refractivity contribution in [3.8, 4) is 0 Å². The van der Waals surface area contributed by atoms with Crippen molar-refractivity contribution in [3.63, 3.8) is 0 Å². The van der Waals surface area contributed by atoms with E-state index in [1.807, 2.05) is 6.92 Å². The molecule has 1 aliphatic rings. The van der Waals surface area contributed by atoms with Crippen molar-refractivity contribution in [2.75, 3.05) is 12.3 Å². The van der Waals surface area contributed by atoms with Crippen molar-refractivity contribution >= 4 is 37.4 Å². The van der Waals surface area contributed by atoms with Gasteiger partial charge in [-0.1, -0.05) is 31.0 Å². The monoisotopic (exact) mass is 397 g/mol. The number of sulfone groups is 1. The first-order chi connectivity index (χ1) is 9.88. The third kappa shape index (κ3) is 3.60. The Morgan fingerprint density at radius 1 is 1.48 bits per heavy atom. The summed E-state index contributed by atoms with van der Waals surface area (Å²) in [4.78, 5) is 0. The van der Waals surface area contributed by atoms with E-state index in [9.17, 15) is 12.8 Å². The van der Waals surface area contributed by atoms with E-state index in [0.29, 0.717) is 29.4 Å². The van der Waals surface area contributed by atoms with Gasteiger partial charge < -0.3 is 5.32 Å². The predicted molar refractivity (Wildman–Crippen MR) is 87.0 cm³/mol. The summed E-state index contributed by atoms with van der Waals surface area (Å²) in [5.74, 6) is -0.386. The lowest BCUT2D eigenvalue weighted by atomic mass is 9.99. The first kappa shape index (κ1) is 17.2. The molecule has 1 heterocycles. The molecule has 1 aromatic carbocycles. The van der Waals surface area contributed by atoms with Crippen LogP contribution in [0.25, 0.3) is 0 Å². The summed E-state index contributed by atoms with van der Waals surface area (Å²) in [7, 11) is -3.22. The highest BCUT2D eigenvalue weighted by Crippen LogP contribution is 2.36. The van der Waals surface area contributed by atoms with Crippen molar-refractivity contribution in [1.29, 1.82) is 0 Å². The van der Waals surface area contributed by atoms with Crippen LogP contribution in [0.15, 0.2) is 16.6 Å². The summed E-state index contributed by atoms with van der Waals surface area (Å²) < 4.78 is 39.6. The van der Waals surface area contributed by atoms with Gasteiger partial charge in [-0.15, -0.1) is 0 Å². The fourth-order valence-electron chi connectivity index (χ4n) is 2.80. The fourth-order valence-corrected chi connectivity index (χ4v) is 5.37. The van der Waals surface area contributed by atoms with Gasteiger partial charge in [0.25, 0.3) is 0 Å². The maximum Gasteiger partial charge on any atom is 0.155 e. The van der Waals surface area contributed by atoms with Gasteiger partial charge in [-0.3, -0.25) is 0 Å². The lowest BCUT2D eigenvalue weighted by Crippen LogP contribution is -2.41. The highest BCUT2D eigenvalue weighted by molar-refractivity contribution is 9.10. The van der Waals surface area contributed by atoms with Crippen molar-refractivity contribution in [2.45, 2.75) is 37.5 Å². The van der Waals surface area contributed by atoms with Gasteiger partial charge in [0.1, 0.15) is 5.82 Å². The SMILES string of the molecule is CCNC(c1ccc(Br)c(Cl)c1F)C1CCCCS1(=O)=O. The molecule has 0 spiro atoms. The molecule has 0 radical (unpaired) electrons. The maximum absolute atomic E-state index is 14.4. The molecule has 2 atom stereocenters. The van der Waals surface area contributed by atoms with Crippen molar-refractivity contribution in [2.24, 2.45) is 0 Å². The van der Waals surface area contributed by atoms with Gasteiger partial charge in [0, 0.05) is 10.0 Å². The maximum atomic E-state index is 14.4. The molecule has 2 rings (SSSR count). The van der Waals surface area contributed by atoms with E-state index in [1.165, 1.54) is 0 Å². The van der Waals surface area contributed by atoms with Gasteiger partial charge in [0.05, 0.1) is 22.1 Å². The number of benzene rings is 1. The molecule has 0 aliphatic carbocycles. The molecule has 1 saturated heterocycles. The van der Waals surface area contributed by atoms with E-state index in [2.05, 4.69) is 21.2 Å². The molecular formula is C14H18BrClFNO2S. The highest BCUT2D eigenvalue weighted by atomic mass is 79.9. The van der Waals surface area contributed by atoms with Crippen molar-refractivity contribution < 1.29 is 12.8 Å². The van der Waals surface area contributed by atoms with E-state index in [0.717, 1.165) is 6.42 Å². The van der Waals surface area contributed by atoms with Gasteiger partial charge in [-0.05, 0) is 41.4 Å². The first-order valence-electron chi connectivity index (χ1n) is 6.96. The van der Waals surface area contributed by atoms with Crippen LogP contribution in [0.1, 0.15) is 37.8 Å². The molecule has 3 nitrogen and oxygen atoms in total. The fraction of sp³-hybridized carbons (Fsp3) is 0.571. The van der Waals surface area contributed by atoms with Crippen LogP contribution in [-0.4, -0.2) is 26.0 Å². The van der Waals surface area contributed by atoms with Gasteiger partial charge >= 0.3 is 0 Å². The summed E-state index contributed by atoms with van der Waals surface area (Å²) in [5.41, 5.74) is 0.320. The normalized spacial score (nSPS) is 23.0. The van der Waals surface area contributed by atoms with Crippen molar-refractivity contribution in [3.05, 3.63) is 33.0 Å². The minimum atomic E-state index is -3.22. The summed E-state index contributed by atoms with van der Waals surface area (Å²) in [5, 5.41) is 2.51. The minimum absolute atomic E-state index is 0.0105. The minimum Gasteiger partial charge on any atom is -0.309 e. The van der Waals surface area contributed by atoms with Crippen LogP contribution in [0.4, 0.5) is 4.39 Å².